The number of carboxylic acid groups (broad SMARTS) is 1. The summed E-state index contributed by atoms with van der Waals surface area (Å²) in [6.45, 7) is 6.16. The Labute approximate surface area is 150 Å². The predicted octanol–water partition coefficient (Wildman–Crippen LogP) is 5.08. The van der Waals surface area contributed by atoms with Crippen molar-refractivity contribution < 1.29 is 27.8 Å². The molecule has 0 amide bonds. The molecule has 0 radical (unpaired) electrons. The lowest BCUT2D eigenvalue weighted by atomic mass is 9.87. The van der Waals surface area contributed by atoms with E-state index in [2.05, 4.69) is 20.8 Å². The molecule has 26 heavy (non-hydrogen) atoms. The highest BCUT2D eigenvalue weighted by Gasteiger charge is 2.31. The lowest BCUT2D eigenvalue weighted by molar-refractivity contribution is -0.145. The van der Waals surface area contributed by atoms with Crippen molar-refractivity contribution in [3.63, 3.8) is 0 Å². The Bertz CT molecular complexity index is 759. The molecule has 0 aliphatic carbocycles. The van der Waals surface area contributed by atoms with Crippen molar-refractivity contribution in [3.05, 3.63) is 65.2 Å². The second kappa shape index (κ2) is 7.40. The molecular weight excluding hydrogens is 345 g/mol. The first-order chi connectivity index (χ1) is 12.0. The summed E-state index contributed by atoms with van der Waals surface area (Å²) in [5.74, 6) is -0.875. The second-order valence-electron chi connectivity index (χ2n) is 7.12. The molecule has 0 aliphatic heterocycles. The van der Waals surface area contributed by atoms with Crippen LogP contribution in [0.4, 0.5) is 13.2 Å². The maximum Gasteiger partial charge on any atom is 0.416 e. The summed E-state index contributed by atoms with van der Waals surface area (Å²) >= 11 is 0. The highest BCUT2D eigenvalue weighted by atomic mass is 19.4. The van der Waals surface area contributed by atoms with E-state index in [9.17, 15) is 23.1 Å². The fraction of sp³-hybridized carbons (Fsp3) is 0.350. The lowest BCUT2D eigenvalue weighted by Gasteiger charge is -2.20. The first-order valence-corrected chi connectivity index (χ1v) is 8.13. The minimum Gasteiger partial charge on any atom is -0.478 e. The van der Waals surface area contributed by atoms with E-state index < -0.39 is 23.8 Å². The quantitative estimate of drug-likeness (QED) is 0.803. The smallest absolute Gasteiger partial charge is 0.416 e. The van der Waals surface area contributed by atoms with Gasteiger partial charge in [-0.15, -0.1) is 0 Å². The van der Waals surface area contributed by atoms with Gasteiger partial charge in [0.05, 0.1) is 5.56 Å². The number of carboxylic acids is 1. The molecule has 2 aromatic rings. The minimum absolute atomic E-state index is 0.0528. The first-order valence-electron chi connectivity index (χ1n) is 8.13. The second-order valence-corrected chi connectivity index (χ2v) is 7.12. The largest absolute Gasteiger partial charge is 0.478 e. The zero-order valence-corrected chi connectivity index (χ0v) is 14.8. The summed E-state index contributed by atoms with van der Waals surface area (Å²) in [4.78, 5) is 11.5. The molecule has 0 fully saturated rings. The first kappa shape index (κ1) is 19.8. The van der Waals surface area contributed by atoms with Crippen LogP contribution in [0, 0.1) is 0 Å². The van der Waals surface area contributed by atoms with Crippen LogP contribution < -0.4 is 4.74 Å². The summed E-state index contributed by atoms with van der Waals surface area (Å²) < 4.78 is 43.9. The van der Waals surface area contributed by atoms with Gasteiger partial charge in [-0.05, 0) is 34.7 Å². The number of ether oxygens (including phenoxy) is 1. The number of hydrogen-bond acceptors (Lipinski definition) is 2. The maximum absolute atomic E-state index is 12.8. The van der Waals surface area contributed by atoms with Crippen LogP contribution in [0.15, 0.2) is 48.5 Å². The molecule has 0 aliphatic rings. The molecule has 1 N–H and O–H groups in total. The van der Waals surface area contributed by atoms with Crippen LogP contribution in [-0.4, -0.2) is 17.2 Å². The predicted molar refractivity (Wildman–Crippen MR) is 92.3 cm³/mol. The van der Waals surface area contributed by atoms with Crippen molar-refractivity contribution in [3.8, 4) is 5.75 Å². The van der Waals surface area contributed by atoms with E-state index in [0.717, 1.165) is 17.7 Å². The number of alkyl halides is 3. The van der Waals surface area contributed by atoms with E-state index >= 15 is 0 Å². The van der Waals surface area contributed by atoms with E-state index in [1.807, 2.05) is 12.1 Å². The maximum atomic E-state index is 12.8. The molecule has 1 atom stereocenters. The number of benzene rings is 2. The van der Waals surface area contributed by atoms with Gasteiger partial charge in [0.15, 0.2) is 6.10 Å². The fourth-order valence-electron chi connectivity index (χ4n) is 2.47. The molecule has 0 heterocycles. The van der Waals surface area contributed by atoms with Crippen LogP contribution in [0.2, 0.25) is 0 Å². The summed E-state index contributed by atoms with van der Waals surface area (Å²) in [6.07, 6.45) is -5.92. The van der Waals surface area contributed by atoms with Crippen LogP contribution in [0.1, 0.15) is 37.5 Å². The Morgan fingerprint density at radius 3 is 2.15 bits per heavy atom. The molecular formula is C20H21F3O3. The Kier molecular flexibility index (Phi) is 5.64. The molecule has 140 valence electrons. The molecule has 0 saturated heterocycles. The molecule has 0 aromatic heterocycles. The lowest BCUT2D eigenvalue weighted by Crippen LogP contribution is -2.29. The minimum atomic E-state index is -4.47. The summed E-state index contributed by atoms with van der Waals surface area (Å²) in [5.41, 5.74) is 0.449. The van der Waals surface area contributed by atoms with Gasteiger partial charge < -0.3 is 9.84 Å². The highest BCUT2D eigenvalue weighted by molar-refractivity contribution is 5.73. The van der Waals surface area contributed by atoms with Gasteiger partial charge in [-0.2, -0.15) is 13.2 Å². The zero-order valence-electron chi connectivity index (χ0n) is 14.8. The van der Waals surface area contributed by atoms with Crippen molar-refractivity contribution in [1.82, 2.24) is 0 Å². The number of rotatable bonds is 5. The Morgan fingerprint density at radius 2 is 1.65 bits per heavy atom. The molecule has 0 bridgehead atoms. The van der Waals surface area contributed by atoms with Crippen molar-refractivity contribution >= 4 is 5.97 Å². The topological polar surface area (TPSA) is 46.5 Å². The van der Waals surface area contributed by atoms with E-state index in [1.165, 1.54) is 12.1 Å². The number of hydrogen-bond donors (Lipinski definition) is 1. The van der Waals surface area contributed by atoms with Crippen molar-refractivity contribution in [2.75, 3.05) is 0 Å². The van der Waals surface area contributed by atoms with Crippen LogP contribution in [0.25, 0.3) is 0 Å². The highest BCUT2D eigenvalue weighted by Crippen LogP contribution is 2.30. The normalized spacial score (nSPS) is 13.3. The number of halogens is 3. The van der Waals surface area contributed by atoms with E-state index in [0.29, 0.717) is 5.75 Å². The zero-order chi connectivity index (χ0) is 19.5. The Hall–Kier alpha value is -2.50. The van der Waals surface area contributed by atoms with Gasteiger partial charge >= 0.3 is 12.1 Å². The van der Waals surface area contributed by atoms with Crippen molar-refractivity contribution in [1.29, 1.82) is 0 Å². The van der Waals surface area contributed by atoms with Gasteiger partial charge in [0.2, 0.25) is 0 Å². The average molecular weight is 366 g/mol. The number of aliphatic carboxylic acids is 1. The average Bonchev–Trinajstić information content (AvgIpc) is 2.53. The van der Waals surface area contributed by atoms with Gasteiger partial charge in [0.1, 0.15) is 5.75 Å². The third kappa shape index (κ3) is 5.25. The molecule has 0 saturated carbocycles. The molecule has 1 unspecified atom stereocenters. The van der Waals surface area contributed by atoms with Crippen LogP contribution in [-0.2, 0) is 22.8 Å². The van der Waals surface area contributed by atoms with Gasteiger partial charge in [0, 0.05) is 6.42 Å². The Balaban J connectivity index is 2.16. The van der Waals surface area contributed by atoms with Gasteiger partial charge in [0.25, 0.3) is 0 Å². The fourth-order valence-corrected chi connectivity index (χ4v) is 2.47. The summed E-state index contributed by atoms with van der Waals surface area (Å²) in [7, 11) is 0. The monoisotopic (exact) mass is 366 g/mol. The molecule has 3 nitrogen and oxygen atoms in total. The third-order valence-corrected chi connectivity index (χ3v) is 3.95. The van der Waals surface area contributed by atoms with Gasteiger partial charge in [-0.1, -0.05) is 51.1 Å². The third-order valence-electron chi connectivity index (χ3n) is 3.95. The van der Waals surface area contributed by atoms with Crippen LogP contribution in [0.3, 0.4) is 0 Å². The Morgan fingerprint density at radius 1 is 1.04 bits per heavy atom. The van der Waals surface area contributed by atoms with Crippen LogP contribution in [0.5, 0.6) is 5.75 Å². The molecule has 6 heteroatoms. The summed E-state index contributed by atoms with van der Waals surface area (Å²) in [6, 6.07) is 11.6. The SMILES string of the molecule is CC(C)(C)c1ccc(OC(Cc2cccc(C(F)(F)F)c2)C(=O)O)cc1. The molecule has 2 rings (SSSR count). The van der Waals surface area contributed by atoms with E-state index in [-0.39, 0.29) is 17.4 Å². The standard InChI is InChI=1S/C20H21F3O3/c1-19(2,3)14-7-9-16(10-8-14)26-17(18(24)25)12-13-5-4-6-15(11-13)20(21,22)23/h4-11,17H,12H2,1-3H3,(H,24,25). The summed E-state index contributed by atoms with van der Waals surface area (Å²) in [5, 5.41) is 9.36. The van der Waals surface area contributed by atoms with Gasteiger partial charge in [-0.25, -0.2) is 4.79 Å². The van der Waals surface area contributed by atoms with Crippen molar-refractivity contribution in [2.24, 2.45) is 0 Å². The molecule has 2 aromatic carbocycles. The van der Waals surface area contributed by atoms with E-state index in [1.54, 1.807) is 12.1 Å². The van der Waals surface area contributed by atoms with Gasteiger partial charge in [-0.3, -0.25) is 0 Å². The van der Waals surface area contributed by atoms with Crippen LogP contribution >= 0.6 is 0 Å². The van der Waals surface area contributed by atoms with E-state index in [4.69, 9.17) is 4.74 Å². The number of carbonyl (C=O) groups is 1. The molecule has 0 spiro atoms. The van der Waals surface area contributed by atoms with Crippen molar-refractivity contribution in [2.45, 2.75) is 44.9 Å².